The quantitative estimate of drug-likeness (QED) is 0.530. The van der Waals surface area contributed by atoms with E-state index in [-0.39, 0.29) is 42.2 Å². The minimum absolute atomic E-state index is 0. The van der Waals surface area contributed by atoms with Crippen LogP contribution in [-0.2, 0) is 17.4 Å². The SMILES string of the molecule is Cc1cc(C(C)C)c[c-]1-c1cccc2cccnc12.[Cl-].[Cl-].[Cr+3]. The molecular formula is C18H18Cl2CrN. The van der Waals surface area contributed by atoms with Crippen molar-refractivity contribution in [3.05, 3.63) is 59.8 Å². The minimum Gasteiger partial charge on any atom is -1.00 e. The Labute approximate surface area is 155 Å². The van der Waals surface area contributed by atoms with E-state index in [1.807, 2.05) is 12.3 Å². The summed E-state index contributed by atoms with van der Waals surface area (Å²) in [5, 5.41) is 1.20. The number of hydrogen-bond acceptors (Lipinski definition) is 1. The summed E-state index contributed by atoms with van der Waals surface area (Å²) in [6.45, 7) is 6.66. The average molecular weight is 371 g/mol. The van der Waals surface area contributed by atoms with Crippen LogP contribution in [-0.4, -0.2) is 4.98 Å². The van der Waals surface area contributed by atoms with Crippen LogP contribution in [0.4, 0.5) is 0 Å². The van der Waals surface area contributed by atoms with Crippen LogP contribution in [0.25, 0.3) is 22.0 Å². The van der Waals surface area contributed by atoms with Gasteiger partial charge in [-0.2, -0.15) is 0 Å². The van der Waals surface area contributed by atoms with Gasteiger partial charge >= 0.3 is 17.4 Å². The van der Waals surface area contributed by atoms with Crippen molar-refractivity contribution >= 4 is 10.9 Å². The molecule has 0 fully saturated rings. The molecule has 1 aromatic heterocycles. The van der Waals surface area contributed by atoms with Gasteiger partial charge in [0.1, 0.15) is 0 Å². The van der Waals surface area contributed by atoms with Crippen LogP contribution in [0.1, 0.15) is 30.9 Å². The first-order valence-corrected chi connectivity index (χ1v) is 6.78. The molecule has 0 aliphatic rings. The minimum atomic E-state index is 0. The topological polar surface area (TPSA) is 12.9 Å². The van der Waals surface area contributed by atoms with Crippen molar-refractivity contribution in [2.45, 2.75) is 26.7 Å². The van der Waals surface area contributed by atoms with Crippen LogP contribution in [0.2, 0.25) is 0 Å². The fraction of sp³-hybridized carbons (Fsp3) is 0.222. The Morgan fingerprint density at radius 2 is 1.73 bits per heavy atom. The molecule has 4 heteroatoms. The van der Waals surface area contributed by atoms with Crippen LogP contribution in [0.15, 0.2) is 48.7 Å². The molecule has 0 N–H and O–H groups in total. The smallest absolute Gasteiger partial charge is 1.00 e. The molecule has 0 spiro atoms. The van der Waals surface area contributed by atoms with E-state index in [0.29, 0.717) is 5.92 Å². The third-order valence-corrected chi connectivity index (χ3v) is 3.71. The molecule has 0 amide bonds. The summed E-state index contributed by atoms with van der Waals surface area (Å²) in [5.74, 6) is 0.565. The van der Waals surface area contributed by atoms with E-state index in [0.717, 1.165) is 5.52 Å². The van der Waals surface area contributed by atoms with Gasteiger partial charge in [-0.3, -0.25) is 4.98 Å². The number of halogens is 2. The predicted molar refractivity (Wildman–Crippen MR) is 81.6 cm³/mol. The van der Waals surface area contributed by atoms with Crippen molar-refractivity contribution in [2.75, 3.05) is 0 Å². The van der Waals surface area contributed by atoms with Crippen molar-refractivity contribution in [3.8, 4) is 11.1 Å². The van der Waals surface area contributed by atoms with E-state index >= 15 is 0 Å². The van der Waals surface area contributed by atoms with Gasteiger partial charge in [-0.15, -0.1) is 29.3 Å². The molecule has 0 saturated heterocycles. The molecule has 1 nitrogen and oxygen atoms in total. The van der Waals surface area contributed by atoms with Crippen molar-refractivity contribution in [1.82, 2.24) is 4.98 Å². The zero-order valence-electron chi connectivity index (χ0n) is 12.8. The van der Waals surface area contributed by atoms with E-state index in [2.05, 4.69) is 62.2 Å². The predicted octanol–water partition coefficient (Wildman–Crippen LogP) is -0.942. The molecule has 22 heavy (non-hydrogen) atoms. The molecule has 3 aromatic rings. The first kappa shape index (κ1) is 21.1. The van der Waals surface area contributed by atoms with Crippen LogP contribution < -0.4 is 24.8 Å². The summed E-state index contributed by atoms with van der Waals surface area (Å²) < 4.78 is 0. The number of aryl methyl sites for hydroxylation is 1. The molecule has 0 unspecified atom stereocenters. The zero-order chi connectivity index (χ0) is 13.4. The Morgan fingerprint density at radius 3 is 2.36 bits per heavy atom. The Kier molecular flexibility index (Phi) is 8.30. The second-order valence-corrected chi connectivity index (χ2v) is 5.42. The van der Waals surface area contributed by atoms with Crippen LogP contribution >= 0.6 is 0 Å². The Balaban J connectivity index is 0.00000147. The van der Waals surface area contributed by atoms with E-state index in [1.165, 1.54) is 27.6 Å². The number of benzene rings is 1. The summed E-state index contributed by atoms with van der Waals surface area (Å²) in [6.07, 6.45) is 1.87. The summed E-state index contributed by atoms with van der Waals surface area (Å²) >= 11 is 0. The van der Waals surface area contributed by atoms with Crippen LogP contribution in [0, 0.1) is 6.92 Å². The molecule has 1 heterocycles. The van der Waals surface area contributed by atoms with E-state index in [9.17, 15) is 0 Å². The van der Waals surface area contributed by atoms with Gasteiger partial charge < -0.3 is 24.8 Å². The molecule has 3 rings (SSSR count). The fourth-order valence-corrected chi connectivity index (χ4v) is 2.59. The van der Waals surface area contributed by atoms with Gasteiger partial charge in [0.2, 0.25) is 0 Å². The van der Waals surface area contributed by atoms with E-state index in [1.54, 1.807) is 0 Å². The van der Waals surface area contributed by atoms with Crippen molar-refractivity contribution in [2.24, 2.45) is 0 Å². The third kappa shape index (κ3) is 3.89. The maximum atomic E-state index is 4.55. The van der Waals surface area contributed by atoms with Gasteiger partial charge in [-0.1, -0.05) is 56.0 Å². The molecule has 2 aromatic carbocycles. The van der Waals surface area contributed by atoms with Gasteiger partial charge in [0.15, 0.2) is 0 Å². The summed E-state index contributed by atoms with van der Waals surface area (Å²) in [4.78, 5) is 4.55. The number of pyridine rings is 1. The second kappa shape index (κ2) is 8.65. The number of hydrogen-bond donors (Lipinski definition) is 0. The van der Waals surface area contributed by atoms with Crippen molar-refractivity contribution < 1.29 is 42.2 Å². The molecule has 1 radical (unpaired) electrons. The summed E-state index contributed by atoms with van der Waals surface area (Å²) in [7, 11) is 0. The molecule has 0 atom stereocenters. The molecule has 115 valence electrons. The molecule has 0 bridgehead atoms. The monoisotopic (exact) mass is 370 g/mol. The normalized spacial score (nSPS) is 9.82. The maximum absolute atomic E-state index is 4.55. The van der Waals surface area contributed by atoms with E-state index < -0.39 is 0 Å². The van der Waals surface area contributed by atoms with Gasteiger partial charge in [0.05, 0.1) is 0 Å². The molecular weight excluding hydrogens is 353 g/mol. The summed E-state index contributed by atoms with van der Waals surface area (Å²) in [5.41, 5.74) is 6.38. The number of para-hydroxylation sites is 1. The number of fused-ring (bicyclic) bond motifs is 1. The molecule has 0 saturated carbocycles. The Bertz CT molecular complexity index is 730. The zero-order valence-corrected chi connectivity index (χ0v) is 15.6. The van der Waals surface area contributed by atoms with Crippen LogP contribution in [0.3, 0.4) is 0 Å². The first-order chi connectivity index (χ1) is 9.16. The van der Waals surface area contributed by atoms with Crippen LogP contribution in [0.5, 0.6) is 0 Å². The first-order valence-electron chi connectivity index (χ1n) is 6.78. The van der Waals surface area contributed by atoms with Gasteiger partial charge in [0, 0.05) is 11.7 Å². The van der Waals surface area contributed by atoms with Gasteiger partial charge in [-0.25, -0.2) is 0 Å². The standard InChI is InChI=1S/C18H18N.2ClH.Cr/c1-12(2)15-10-13(3)17(11-15)16-8-4-6-14-7-5-9-19-18(14)16;;;/h4-12H,1-3H3;2*1H;/q-1;;;+3/p-2. The van der Waals surface area contributed by atoms with Crippen molar-refractivity contribution in [1.29, 1.82) is 0 Å². The van der Waals surface area contributed by atoms with Gasteiger partial charge in [-0.05, 0) is 11.5 Å². The Morgan fingerprint density at radius 1 is 1.05 bits per heavy atom. The molecule has 0 aliphatic carbocycles. The second-order valence-electron chi connectivity index (χ2n) is 5.42. The Hall–Kier alpha value is -0.908. The maximum Gasteiger partial charge on any atom is 3.00 e. The number of nitrogens with zero attached hydrogens (tertiary/aromatic N) is 1. The van der Waals surface area contributed by atoms with Gasteiger partial charge in [0.25, 0.3) is 0 Å². The van der Waals surface area contributed by atoms with E-state index in [4.69, 9.17) is 0 Å². The third-order valence-electron chi connectivity index (χ3n) is 3.71. The average Bonchev–Trinajstić information content (AvgIpc) is 2.80. The largest absolute Gasteiger partial charge is 3.00 e. The van der Waals surface area contributed by atoms with Crippen molar-refractivity contribution in [3.63, 3.8) is 0 Å². The number of rotatable bonds is 2. The number of aromatic nitrogens is 1. The fourth-order valence-electron chi connectivity index (χ4n) is 2.59. The molecule has 0 aliphatic heterocycles. The summed E-state index contributed by atoms with van der Waals surface area (Å²) in [6, 6.07) is 15.1.